The number of hydrogen-bond acceptors (Lipinski definition) is 5. The van der Waals surface area contributed by atoms with E-state index in [-0.39, 0.29) is 23.2 Å². The Labute approximate surface area is 161 Å². The van der Waals surface area contributed by atoms with Gasteiger partial charge in [0.25, 0.3) is 0 Å². The van der Waals surface area contributed by atoms with Crippen LogP contribution >= 0.6 is 11.6 Å². The van der Waals surface area contributed by atoms with Crippen LogP contribution < -0.4 is 5.32 Å². The van der Waals surface area contributed by atoms with Crippen LogP contribution in [0.15, 0.2) is 28.9 Å². The molecule has 0 fully saturated rings. The number of halogens is 2. The maximum atomic E-state index is 13.3. The zero-order valence-corrected chi connectivity index (χ0v) is 16.0. The molecule has 0 aliphatic heterocycles. The molecule has 2 amide bonds. The van der Waals surface area contributed by atoms with Crippen molar-refractivity contribution in [3.05, 3.63) is 46.9 Å². The number of oxazole rings is 1. The Balaban J connectivity index is 2.12. The molecule has 0 atom stereocenters. The largest absolute Gasteiger partial charge is 0.464 e. The second kappa shape index (κ2) is 9.36. The summed E-state index contributed by atoms with van der Waals surface area (Å²) in [5.41, 5.74) is 0.394. The lowest BCUT2D eigenvalue weighted by atomic mass is 10.1. The molecule has 0 radical (unpaired) electrons. The Morgan fingerprint density at radius 3 is 2.78 bits per heavy atom. The van der Waals surface area contributed by atoms with Gasteiger partial charge in [-0.25, -0.2) is 19.0 Å². The van der Waals surface area contributed by atoms with Crippen molar-refractivity contribution in [3.63, 3.8) is 0 Å². The minimum Gasteiger partial charge on any atom is -0.464 e. The summed E-state index contributed by atoms with van der Waals surface area (Å²) in [4.78, 5) is 29.6. The van der Waals surface area contributed by atoms with Gasteiger partial charge in [-0.3, -0.25) is 0 Å². The van der Waals surface area contributed by atoms with Gasteiger partial charge in [-0.15, -0.1) is 0 Å². The molecule has 1 aromatic heterocycles. The number of amides is 2. The second-order valence-electron chi connectivity index (χ2n) is 6.28. The van der Waals surface area contributed by atoms with Crippen LogP contribution in [0.25, 0.3) is 0 Å². The summed E-state index contributed by atoms with van der Waals surface area (Å²) in [6, 6.07) is 3.50. The smallest absolute Gasteiger partial charge is 0.360 e. The number of benzene rings is 1. The summed E-state index contributed by atoms with van der Waals surface area (Å²) >= 11 is 5.75. The van der Waals surface area contributed by atoms with E-state index in [1.165, 1.54) is 36.5 Å². The molecule has 1 heterocycles. The quantitative estimate of drug-likeness (QED) is 0.703. The van der Waals surface area contributed by atoms with Gasteiger partial charge in [0, 0.05) is 12.2 Å². The molecule has 7 nitrogen and oxygen atoms in total. The summed E-state index contributed by atoms with van der Waals surface area (Å²) in [5, 5.41) is 2.58. The molecule has 0 saturated heterocycles. The molecule has 9 heteroatoms. The van der Waals surface area contributed by atoms with Gasteiger partial charge in [0.1, 0.15) is 12.1 Å². The van der Waals surface area contributed by atoms with Crippen LogP contribution in [0.3, 0.4) is 0 Å². The van der Waals surface area contributed by atoms with Gasteiger partial charge in [-0.1, -0.05) is 25.4 Å². The first-order valence-corrected chi connectivity index (χ1v) is 8.71. The Hall–Kier alpha value is -2.61. The Morgan fingerprint density at radius 1 is 1.41 bits per heavy atom. The summed E-state index contributed by atoms with van der Waals surface area (Å²) in [7, 11) is 1.24. The van der Waals surface area contributed by atoms with E-state index in [9.17, 15) is 14.0 Å². The number of nitrogens with one attached hydrogen (secondary N) is 1. The first-order chi connectivity index (χ1) is 12.8. The highest BCUT2D eigenvalue weighted by Crippen LogP contribution is 2.20. The molecule has 0 bridgehead atoms. The lowest BCUT2D eigenvalue weighted by Crippen LogP contribution is -2.36. The van der Waals surface area contributed by atoms with Crippen LogP contribution in [0.2, 0.25) is 5.02 Å². The van der Waals surface area contributed by atoms with E-state index >= 15 is 0 Å². The predicted molar refractivity (Wildman–Crippen MR) is 98.1 cm³/mol. The molecule has 0 unspecified atom stereocenters. The summed E-state index contributed by atoms with van der Waals surface area (Å²) in [6.45, 7) is 4.57. The first kappa shape index (κ1) is 20.7. The number of methoxy groups -OCH3 is 1. The van der Waals surface area contributed by atoms with E-state index in [0.717, 1.165) is 6.42 Å². The van der Waals surface area contributed by atoms with Gasteiger partial charge >= 0.3 is 12.0 Å². The minimum atomic E-state index is -0.621. The Morgan fingerprint density at radius 2 is 2.15 bits per heavy atom. The maximum Gasteiger partial charge on any atom is 0.360 e. The van der Waals surface area contributed by atoms with Crippen LogP contribution in [-0.4, -0.2) is 35.5 Å². The third-order valence-corrected chi connectivity index (χ3v) is 4.00. The Kier molecular flexibility index (Phi) is 7.18. The molecular formula is C18H21ClFN3O4. The number of hydrogen-bond donors (Lipinski definition) is 1. The fourth-order valence-electron chi connectivity index (χ4n) is 2.19. The average Bonchev–Trinajstić information content (AvgIpc) is 3.09. The molecule has 27 heavy (non-hydrogen) atoms. The van der Waals surface area contributed by atoms with E-state index in [4.69, 9.17) is 16.0 Å². The highest BCUT2D eigenvalue weighted by atomic mass is 35.5. The van der Waals surface area contributed by atoms with Gasteiger partial charge in [-0.05, 0) is 30.5 Å². The van der Waals surface area contributed by atoms with Crippen molar-refractivity contribution in [1.29, 1.82) is 0 Å². The predicted octanol–water partition coefficient (Wildman–Crippen LogP) is 4.33. The van der Waals surface area contributed by atoms with Crippen molar-refractivity contribution in [3.8, 4) is 0 Å². The van der Waals surface area contributed by atoms with Crippen molar-refractivity contribution >= 4 is 29.3 Å². The number of ether oxygens (including phenoxy) is 1. The molecule has 2 aromatic rings. The van der Waals surface area contributed by atoms with Crippen molar-refractivity contribution in [2.24, 2.45) is 5.92 Å². The van der Waals surface area contributed by atoms with Gasteiger partial charge in [0.05, 0.1) is 18.7 Å². The highest BCUT2D eigenvalue weighted by Gasteiger charge is 2.19. The van der Waals surface area contributed by atoms with Crippen LogP contribution in [0.4, 0.5) is 14.9 Å². The number of nitrogens with zero attached hydrogens (tertiary/aromatic N) is 2. The van der Waals surface area contributed by atoms with Crippen molar-refractivity contribution in [2.75, 3.05) is 19.0 Å². The van der Waals surface area contributed by atoms with Crippen LogP contribution in [0.1, 0.15) is 36.6 Å². The van der Waals surface area contributed by atoms with E-state index in [1.807, 2.05) is 13.8 Å². The van der Waals surface area contributed by atoms with E-state index in [1.54, 1.807) is 0 Å². The molecule has 2 rings (SSSR count). The third kappa shape index (κ3) is 5.96. The number of rotatable bonds is 7. The lowest BCUT2D eigenvalue weighted by molar-refractivity contribution is 0.0594. The molecule has 0 aliphatic rings. The standard InChI is InChI=1S/C18H21ClFN3O4/c1-11(2)6-7-23(9-16-22-15(10-27-16)17(24)26-3)18(25)21-12-4-5-14(20)13(19)8-12/h4-5,8,10-11H,6-7,9H2,1-3H3,(H,21,25). The van der Waals surface area contributed by atoms with Gasteiger partial charge in [0.15, 0.2) is 5.69 Å². The van der Waals surface area contributed by atoms with Gasteiger partial charge in [0.2, 0.25) is 5.89 Å². The van der Waals surface area contributed by atoms with E-state index in [2.05, 4.69) is 15.0 Å². The van der Waals surface area contributed by atoms with Crippen LogP contribution in [0, 0.1) is 11.7 Å². The fraction of sp³-hybridized carbons (Fsp3) is 0.389. The average molecular weight is 398 g/mol. The Bertz CT molecular complexity index is 810. The summed E-state index contributed by atoms with van der Waals surface area (Å²) in [6.07, 6.45) is 1.93. The fourth-order valence-corrected chi connectivity index (χ4v) is 2.37. The van der Waals surface area contributed by atoms with E-state index in [0.29, 0.717) is 18.2 Å². The molecule has 0 aliphatic carbocycles. The zero-order valence-electron chi connectivity index (χ0n) is 15.3. The molecule has 146 valence electrons. The van der Waals surface area contributed by atoms with Crippen LogP contribution in [-0.2, 0) is 11.3 Å². The molecule has 0 saturated carbocycles. The molecule has 1 aromatic carbocycles. The monoisotopic (exact) mass is 397 g/mol. The van der Waals surface area contributed by atoms with Crippen molar-refractivity contribution in [1.82, 2.24) is 9.88 Å². The van der Waals surface area contributed by atoms with Gasteiger partial charge in [-0.2, -0.15) is 0 Å². The highest BCUT2D eigenvalue weighted by molar-refractivity contribution is 6.31. The number of carbonyl (C=O) groups excluding carboxylic acids is 2. The van der Waals surface area contributed by atoms with Crippen molar-refractivity contribution in [2.45, 2.75) is 26.8 Å². The van der Waals surface area contributed by atoms with Crippen molar-refractivity contribution < 1.29 is 23.1 Å². The number of anilines is 1. The summed E-state index contributed by atoms with van der Waals surface area (Å²) < 4.78 is 23.1. The lowest BCUT2D eigenvalue weighted by Gasteiger charge is -2.22. The number of carbonyl (C=O) groups is 2. The third-order valence-electron chi connectivity index (χ3n) is 3.71. The first-order valence-electron chi connectivity index (χ1n) is 8.33. The second-order valence-corrected chi connectivity index (χ2v) is 6.69. The normalized spacial score (nSPS) is 10.7. The molecular weight excluding hydrogens is 377 g/mol. The topological polar surface area (TPSA) is 84.7 Å². The van der Waals surface area contributed by atoms with Gasteiger partial charge < -0.3 is 19.4 Å². The number of urea groups is 1. The number of aromatic nitrogens is 1. The van der Waals surface area contributed by atoms with E-state index < -0.39 is 17.8 Å². The maximum absolute atomic E-state index is 13.3. The molecule has 1 N–H and O–H groups in total. The zero-order chi connectivity index (χ0) is 20.0. The number of esters is 1. The van der Waals surface area contributed by atoms with Crippen LogP contribution in [0.5, 0.6) is 0 Å². The molecule has 0 spiro atoms. The SMILES string of the molecule is COC(=O)c1coc(CN(CCC(C)C)C(=O)Nc2ccc(F)c(Cl)c2)n1. The summed E-state index contributed by atoms with van der Waals surface area (Å²) in [5.74, 6) is -0.618. The minimum absolute atomic E-state index is 0.0297.